The first-order valence-corrected chi connectivity index (χ1v) is 17.2. The zero-order chi connectivity index (χ0) is 38.3. The van der Waals surface area contributed by atoms with Crippen molar-refractivity contribution in [1.29, 1.82) is 0 Å². The molecule has 54 heavy (non-hydrogen) atoms. The highest BCUT2D eigenvalue weighted by molar-refractivity contribution is 6.33. The van der Waals surface area contributed by atoms with Crippen LogP contribution >= 0.6 is 23.2 Å². The highest BCUT2D eigenvalue weighted by Gasteiger charge is 2.69. The number of phenols is 1. The number of imide groups is 1. The van der Waals surface area contributed by atoms with E-state index in [0.29, 0.717) is 39.1 Å². The van der Waals surface area contributed by atoms with Crippen LogP contribution in [-0.4, -0.2) is 48.0 Å². The van der Waals surface area contributed by atoms with Crippen molar-refractivity contribution in [2.24, 2.45) is 5.92 Å². The van der Waals surface area contributed by atoms with E-state index in [0.717, 1.165) is 4.57 Å². The molecule has 5 aromatic rings. The van der Waals surface area contributed by atoms with Gasteiger partial charge < -0.3 is 9.84 Å². The molecule has 0 spiro atoms. The molecule has 0 bridgehead atoms. The molecule has 8 rings (SSSR count). The van der Waals surface area contributed by atoms with Crippen molar-refractivity contribution >= 4 is 40.8 Å². The van der Waals surface area contributed by atoms with Gasteiger partial charge in [-0.1, -0.05) is 65.7 Å². The van der Waals surface area contributed by atoms with Gasteiger partial charge in [-0.15, -0.1) is 0 Å². The average molecular weight is 780 g/mol. The van der Waals surface area contributed by atoms with E-state index in [9.17, 15) is 32.7 Å². The first-order chi connectivity index (χ1) is 25.8. The molecule has 4 unspecified atom stereocenters. The second-order valence-electron chi connectivity index (χ2n) is 13.0. The molecule has 1 saturated heterocycles. The van der Waals surface area contributed by atoms with E-state index in [-0.39, 0.29) is 30.0 Å². The number of hydrogen-bond acceptors (Lipinski definition) is 8. The van der Waals surface area contributed by atoms with Crippen LogP contribution in [-0.2, 0) is 27.7 Å². The van der Waals surface area contributed by atoms with Gasteiger partial charge in [0.15, 0.2) is 5.82 Å². The molecule has 0 radical (unpaired) electrons. The number of benzene rings is 3. The Bertz CT molecular complexity index is 2520. The molecule has 1 saturated carbocycles. The number of para-hydroxylation sites is 1. The Morgan fingerprint density at radius 3 is 2.35 bits per heavy atom. The van der Waals surface area contributed by atoms with E-state index in [1.165, 1.54) is 40.7 Å². The van der Waals surface area contributed by atoms with Gasteiger partial charge in [0, 0.05) is 22.7 Å². The summed E-state index contributed by atoms with van der Waals surface area (Å²) in [6.45, 7) is -0.108. The summed E-state index contributed by atoms with van der Waals surface area (Å²) in [6, 6.07) is 18.6. The van der Waals surface area contributed by atoms with Gasteiger partial charge in [-0.05, 0) is 60.0 Å². The number of carbonyl (C=O) groups is 2. The molecule has 276 valence electrons. The van der Waals surface area contributed by atoms with Crippen molar-refractivity contribution in [3.63, 3.8) is 0 Å². The van der Waals surface area contributed by atoms with Crippen LogP contribution < -0.4 is 21.5 Å². The lowest BCUT2D eigenvalue weighted by Gasteiger charge is -2.49. The number of amides is 2. The number of hydrazine groups is 1. The van der Waals surface area contributed by atoms with Crippen LogP contribution in [0, 0.1) is 5.92 Å². The number of nitrogens with one attached hydrogen (secondary N) is 1. The van der Waals surface area contributed by atoms with Gasteiger partial charge in [0.25, 0.3) is 11.8 Å². The molecule has 3 aliphatic rings. The van der Waals surface area contributed by atoms with Gasteiger partial charge in [-0.25, -0.2) is 28.5 Å². The van der Waals surface area contributed by atoms with Gasteiger partial charge in [0.1, 0.15) is 11.5 Å². The normalized spacial score (nSPS) is 22.0. The summed E-state index contributed by atoms with van der Waals surface area (Å²) in [7, 11) is 1.37. The molecular formula is C37H27Cl2F3N6O6. The van der Waals surface area contributed by atoms with Gasteiger partial charge in [-0.2, -0.15) is 18.2 Å². The number of fused-ring (bicyclic) bond motifs is 4. The Hall–Kier alpha value is -5.80. The lowest BCUT2D eigenvalue weighted by molar-refractivity contribution is -0.139. The predicted molar refractivity (Wildman–Crippen MR) is 190 cm³/mol. The third-order valence-corrected chi connectivity index (χ3v) is 10.9. The van der Waals surface area contributed by atoms with Crippen molar-refractivity contribution in [3.8, 4) is 17.2 Å². The lowest BCUT2D eigenvalue weighted by Crippen LogP contribution is -2.53. The molecule has 2 aromatic heterocycles. The summed E-state index contributed by atoms with van der Waals surface area (Å²) < 4.78 is 49.7. The van der Waals surface area contributed by atoms with Crippen LogP contribution in [0.15, 0.2) is 106 Å². The van der Waals surface area contributed by atoms with Gasteiger partial charge in [0.05, 0.1) is 47.3 Å². The van der Waals surface area contributed by atoms with E-state index in [1.807, 2.05) is 0 Å². The van der Waals surface area contributed by atoms with Gasteiger partial charge >= 0.3 is 17.6 Å². The van der Waals surface area contributed by atoms with Crippen molar-refractivity contribution in [2.75, 3.05) is 12.5 Å². The van der Waals surface area contributed by atoms with Crippen LogP contribution in [0.5, 0.6) is 11.5 Å². The second-order valence-corrected chi connectivity index (χ2v) is 13.9. The summed E-state index contributed by atoms with van der Waals surface area (Å²) in [5.41, 5.74) is -0.629. The standard InChI is InChI=1S/C37H27Cl2F3N6O6/c1-54-28-9-5-8-27(49)29(28)30-23-14-15-45-34(52)46(22-6-3-2-4-7-22)35(53)48(45)26(23)17-24-32(50)47(33(51)36(24,30)19-10-12-21(38)13-11-19)44-31-25(39)16-20(18-43-31)37(40,41)42/h2-14,16,18,24,26,30,49H,15,17H2,1H3,(H,43,44). The molecule has 4 heterocycles. The molecule has 4 atom stereocenters. The topological polar surface area (TPSA) is 141 Å². The molecule has 2 N–H and O–H groups in total. The summed E-state index contributed by atoms with van der Waals surface area (Å²) in [5.74, 6) is -4.78. The molecule has 3 aromatic carbocycles. The van der Waals surface area contributed by atoms with Crippen LogP contribution in [0.3, 0.4) is 0 Å². The number of methoxy groups -OCH3 is 1. The summed E-state index contributed by atoms with van der Waals surface area (Å²) >= 11 is 12.5. The SMILES string of the molecule is COc1cccc(O)c1C1C2=CCn3c(=O)n(-c4ccccc4)c(=O)n3C2CC2C(=O)N(Nc3ncc(C(F)(F)F)cc3Cl)C(=O)C21c1ccc(Cl)cc1. The average Bonchev–Trinajstić information content (AvgIpc) is 3.53. The number of aromatic nitrogens is 4. The monoisotopic (exact) mass is 778 g/mol. The quantitative estimate of drug-likeness (QED) is 0.162. The number of phenolic OH excluding ortho intramolecular Hbond substituents is 1. The Kier molecular flexibility index (Phi) is 8.26. The molecule has 1 aliphatic carbocycles. The highest BCUT2D eigenvalue weighted by atomic mass is 35.5. The Balaban J connectivity index is 1.38. The summed E-state index contributed by atoms with van der Waals surface area (Å²) in [4.78, 5) is 62.0. The maximum absolute atomic E-state index is 15.3. The maximum atomic E-state index is 15.3. The van der Waals surface area contributed by atoms with E-state index in [2.05, 4.69) is 10.4 Å². The largest absolute Gasteiger partial charge is 0.508 e. The number of pyridine rings is 1. The number of allylic oxidation sites excluding steroid dienone is 2. The van der Waals surface area contributed by atoms with Crippen molar-refractivity contribution in [2.45, 2.75) is 36.5 Å². The number of carbonyl (C=O) groups excluding carboxylic acids is 2. The number of rotatable bonds is 6. The Labute approximate surface area is 313 Å². The number of hydrogen-bond donors (Lipinski definition) is 2. The van der Waals surface area contributed by atoms with Crippen molar-refractivity contribution < 1.29 is 32.6 Å². The Morgan fingerprint density at radius 1 is 0.963 bits per heavy atom. The molecule has 12 nitrogen and oxygen atoms in total. The third kappa shape index (κ3) is 5.09. The number of anilines is 1. The fourth-order valence-corrected chi connectivity index (χ4v) is 8.49. The second kappa shape index (κ2) is 12.7. The molecule has 2 aliphatic heterocycles. The van der Waals surface area contributed by atoms with Crippen molar-refractivity contribution in [3.05, 3.63) is 144 Å². The van der Waals surface area contributed by atoms with Crippen LogP contribution in [0.2, 0.25) is 10.0 Å². The number of alkyl halides is 3. The Morgan fingerprint density at radius 2 is 1.69 bits per heavy atom. The number of ether oxygens (including phenoxy) is 1. The zero-order valence-electron chi connectivity index (χ0n) is 27.9. The van der Waals surface area contributed by atoms with Crippen molar-refractivity contribution in [1.82, 2.24) is 23.9 Å². The number of aromatic hydroxyl groups is 1. The van der Waals surface area contributed by atoms with Gasteiger partial charge in [0.2, 0.25) is 0 Å². The number of nitrogens with zero attached hydrogens (tertiary/aromatic N) is 5. The van der Waals surface area contributed by atoms with Gasteiger partial charge in [-0.3, -0.25) is 15.0 Å². The first kappa shape index (κ1) is 35.2. The van der Waals surface area contributed by atoms with Crippen LogP contribution in [0.4, 0.5) is 19.0 Å². The maximum Gasteiger partial charge on any atom is 0.417 e. The van der Waals surface area contributed by atoms with E-state index in [1.54, 1.807) is 54.6 Å². The molecule has 2 amide bonds. The van der Waals surface area contributed by atoms with E-state index >= 15 is 4.79 Å². The fraction of sp³-hybridized carbons (Fsp3) is 0.216. The van der Waals surface area contributed by atoms with E-state index in [4.69, 9.17) is 27.9 Å². The smallest absolute Gasteiger partial charge is 0.417 e. The molecular weight excluding hydrogens is 752 g/mol. The minimum Gasteiger partial charge on any atom is -0.508 e. The summed E-state index contributed by atoms with van der Waals surface area (Å²) in [5, 5.41) is 12.1. The minimum absolute atomic E-state index is 0.108. The van der Waals surface area contributed by atoms with E-state index < -0.39 is 69.1 Å². The third-order valence-electron chi connectivity index (χ3n) is 10.4. The predicted octanol–water partition coefficient (Wildman–Crippen LogP) is 5.85. The minimum atomic E-state index is -4.77. The zero-order valence-corrected chi connectivity index (χ0v) is 29.4. The lowest BCUT2D eigenvalue weighted by atomic mass is 9.53. The number of halogens is 5. The highest BCUT2D eigenvalue weighted by Crippen LogP contribution is 2.64. The molecule has 2 fully saturated rings. The summed E-state index contributed by atoms with van der Waals surface area (Å²) in [6.07, 6.45) is -2.75. The first-order valence-electron chi connectivity index (χ1n) is 16.5. The molecule has 17 heteroatoms. The fourth-order valence-electron chi connectivity index (χ4n) is 8.16. The van der Waals surface area contributed by atoms with Crippen LogP contribution in [0.25, 0.3) is 5.69 Å². The van der Waals surface area contributed by atoms with Crippen LogP contribution in [0.1, 0.15) is 35.1 Å².